The molecule has 0 aromatic heterocycles. The van der Waals surface area contributed by atoms with Crippen LogP contribution >= 0.6 is 23.5 Å². The first-order valence-corrected chi connectivity index (χ1v) is 13.8. The van der Waals surface area contributed by atoms with Crippen LogP contribution in [0.5, 0.6) is 0 Å². The highest BCUT2D eigenvalue weighted by Crippen LogP contribution is 2.19. The van der Waals surface area contributed by atoms with Gasteiger partial charge in [0.15, 0.2) is 10.2 Å². The van der Waals surface area contributed by atoms with Gasteiger partial charge in [0, 0.05) is 63.2 Å². The van der Waals surface area contributed by atoms with E-state index in [9.17, 15) is 28.8 Å². The molecule has 0 aromatic carbocycles. The number of hydrogen-bond donors (Lipinski definition) is 2. The maximum atomic E-state index is 12.7. The number of nitrogens with one attached hydrogen (secondary N) is 2. The third-order valence-corrected chi connectivity index (χ3v) is 7.13. The number of carbonyl (C=O) groups excluding carboxylic acids is 6. The maximum Gasteiger partial charge on any atom is 0.246 e. The van der Waals surface area contributed by atoms with Crippen LogP contribution < -0.4 is 10.6 Å². The number of amides is 3. The van der Waals surface area contributed by atoms with E-state index in [0.717, 1.165) is 23.5 Å². The fraction of sp³-hybridized carbons (Fsp3) is 0.739. The molecule has 2 atom stereocenters. The lowest BCUT2D eigenvalue weighted by molar-refractivity contribution is -0.135. The first kappa shape index (κ1) is 32.1. The Kier molecular flexibility index (Phi) is 17.4. The molecule has 0 saturated heterocycles. The van der Waals surface area contributed by atoms with Crippen LogP contribution in [0, 0.1) is 5.92 Å². The summed E-state index contributed by atoms with van der Waals surface area (Å²) in [6.07, 6.45) is 0.632. The fourth-order valence-electron chi connectivity index (χ4n) is 2.91. The summed E-state index contributed by atoms with van der Waals surface area (Å²) in [5.74, 6) is -1.11. The van der Waals surface area contributed by atoms with Gasteiger partial charge in [-0.15, -0.1) is 0 Å². The highest BCUT2D eigenvalue weighted by molar-refractivity contribution is 8.14. The van der Waals surface area contributed by atoms with Crippen LogP contribution in [0.25, 0.3) is 0 Å². The Balaban J connectivity index is 4.72. The second kappa shape index (κ2) is 18.4. The molecule has 0 radical (unpaired) electrons. The van der Waals surface area contributed by atoms with Gasteiger partial charge in [-0.2, -0.15) is 0 Å². The van der Waals surface area contributed by atoms with Gasteiger partial charge >= 0.3 is 0 Å². The first-order chi connectivity index (χ1) is 16.1. The van der Waals surface area contributed by atoms with Crippen molar-refractivity contribution in [1.82, 2.24) is 15.5 Å². The highest BCUT2D eigenvalue weighted by Gasteiger charge is 2.26. The average Bonchev–Trinajstić information content (AvgIpc) is 2.83. The van der Waals surface area contributed by atoms with Gasteiger partial charge < -0.3 is 15.5 Å². The number of thioether (sulfide) groups is 2. The van der Waals surface area contributed by atoms with Crippen molar-refractivity contribution in [3.05, 3.63) is 0 Å². The zero-order valence-corrected chi connectivity index (χ0v) is 22.6. The molecule has 9 nitrogen and oxygen atoms in total. The van der Waals surface area contributed by atoms with Crippen LogP contribution in [0.4, 0.5) is 0 Å². The van der Waals surface area contributed by atoms with Crippen LogP contribution in [0.1, 0.15) is 66.7 Å². The van der Waals surface area contributed by atoms with E-state index >= 15 is 0 Å². The summed E-state index contributed by atoms with van der Waals surface area (Å²) in [6, 6.07) is -0.805. The van der Waals surface area contributed by atoms with Gasteiger partial charge in [-0.25, -0.2) is 0 Å². The minimum Gasteiger partial charge on any atom is -0.356 e. The zero-order valence-electron chi connectivity index (χ0n) is 20.9. The number of Topliss-reactive ketones (excluding diaryl/α,β-unsaturated/α-hetero) is 1. The van der Waals surface area contributed by atoms with Gasteiger partial charge in [-0.1, -0.05) is 37.4 Å². The molecule has 2 N–H and O–H groups in total. The van der Waals surface area contributed by atoms with Crippen LogP contribution in [-0.4, -0.2) is 75.8 Å². The number of ketones is 1. The summed E-state index contributed by atoms with van der Waals surface area (Å²) in [4.78, 5) is 74.5. The van der Waals surface area contributed by atoms with E-state index in [1.165, 1.54) is 0 Å². The third-order valence-electron chi connectivity index (χ3n) is 5.01. The molecule has 11 heteroatoms. The van der Waals surface area contributed by atoms with E-state index in [2.05, 4.69) is 10.6 Å². The lowest BCUT2D eigenvalue weighted by atomic mass is 10.0. The highest BCUT2D eigenvalue weighted by atomic mass is 32.2. The van der Waals surface area contributed by atoms with Gasteiger partial charge in [0.2, 0.25) is 17.7 Å². The predicted octanol–water partition coefficient (Wildman–Crippen LogP) is 2.17. The van der Waals surface area contributed by atoms with Crippen LogP contribution in [0.3, 0.4) is 0 Å². The number of nitrogens with zero attached hydrogens (tertiary/aromatic N) is 1. The second-order valence-electron chi connectivity index (χ2n) is 7.54. The summed E-state index contributed by atoms with van der Waals surface area (Å²) >= 11 is 1.87. The van der Waals surface area contributed by atoms with Crippen molar-refractivity contribution in [1.29, 1.82) is 0 Å². The molecule has 0 fully saturated rings. The largest absolute Gasteiger partial charge is 0.356 e. The normalized spacial score (nSPS) is 12.4. The van der Waals surface area contributed by atoms with Crippen molar-refractivity contribution < 1.29 is 28.8 Å². The van der Waals surface area contributed by atoms with E-state index in [1.807, 2.05) is 13.8 Å². The molecule has 0 aliphatic heterocycles. The van der Waals surface area contributed by atoms with E-state index in [1.54, 1.807) is 25.7 Å². The monoisotopic (exact) mass is 517 g/mol. The summed E-state index contributed by atoms with van der Waals surface area (Å²) in [5.41, 5.74) is 0. The Labute approximate surface area is 211 Å². The predicted molar refractivity (Wildman–Crippen MR) is 136 cm³/mol. The average molecular weight is 518 g/mol. The smallest absolute Gasteiger partial charge is 0.246 e. The molecule has 0 heterocycles. The van der Waals surface area contributed by atoms with Crippen molar-refractivity contribution in [2.75, 3.05) is 31.1 Å². The van der Waals surface area contributed by atoms with E-state index < -0.39 is 12.0 Å². The van der Waals surface area contributed by atoms with Crippen LogP contribution in [0.2, 0.25) is 0 Å². The van der Waals surface area contributed by atoms with Crippen molar-refractivity contribution in [3.63, 3.8) is 0 Å². The SMILES string of the molecule is CCNC(=O)[C@H](CSC(=O)CCC(=O)SC[C@H](NC(=O)CC)C(=O)N(CC)CC)CC(=O)CC. The van der Waals surface area contributed by atoms with Gasteiger partial charge in [-0.05, 0) is 20.8 Å². The zero-order chi connectivity index (χ0) is 26.1. The van der Waals surface area contributed by atoms with Gasteiger partial charge in [0.25, 0.3) is 0 Å². The number of carbonyl (C=O) groups is 6. The number of likely N-dealkylation sites (N-methyl/N-ethyl adjacent to an activating group) is 1. The van der Waals surface area contributed by atoms with Gasteiger partial charge in [-0.3, -0.25) is 28.8 Å². The van der Waals surface area contributed by atoms with Crippen molar-refractivity contribution in [2.24, 2.45) is 5.92 Å². The number of hydrogen-bond acceptors (Lipinski definition) is 8. The lowest BCUT2D eigenvalue weighted by Gasteiger charge is -2.25. The van der Waals surface area contributed by atoms with Crippen molar-refractivity contribution in [3.8, 4) is 0 Å². The topological polar surface area (TPSA) is 130 Å². The standard InChI is InChI=1S/C23H39N3O6S2/c1-6-17(27)13-16(22(31)24-8-3)14-33-20(29)11-12-21(30)34-15-18(25-19(28)7-2)23(32)26(9-4)10-5/h16,18H,6-15H2,1-5H3,(H,24,31)(H,25,28)/t16-,18-/m0/s1. The van der Waals surface area contributed by atoms with Crippen LogP contribution in [-0.2, 0) is 28.8 Å². The number of rotatable bonds is 17. The van der Waals surface area contributed by atoms with E-state index in [0.29, 0.717) is 26.1 Å². The Morgan fingerprint density at radius 3 is 1.82 bits per heavy atom. The second-order valence-corrected chi connectivity index (χ2v) is 9.69. The molecule has 34 heavy (non-hydrogen) atoms. The maximum absolute atomic E-state index is 12.7. The lowest BCUT2D eigenvalue weighted by Crippen LogP contribution is -2.50. The molecule has 0 saturated carbocycles. The summed E-state index contributed by atoms with van der Waals surface area (Å²) < 4.78 is 0. The minimum atomic E-state index is -0.805. The molecule has 3 amide bonds. The van der Waals surface area contributed by atoms with Gasteiger partial charge in [0.1, 0.15) is 11.8 Å². The van der Waals surface area contributed by atoms with E-state index in [4.69, 9.17) is 0 Å². The molecule has 0 spiro atoms. The Bertz CT molecular complexity index is 713. The first-order valence-electron chi connectivity index (χ1n) is 11.8. The van der Waals surface area contributed by atoms with Crippen molar-refractivity contribution in [2.45, 2.75) is 72.8 Å². The molecule has 0 bridgehead atoms. The molecule has 0 aliphatic rings. The summed E-state index contributed by atoms with van der Waals surface area (Å²) in [6.45, 7) is 10.3. The third kappa shape index (κ3) is 13.1. The molecule has 0 aliphatic carbocycles. The van der Waals surface area contributed by atoms with Crippen molar-refractivity contribution >= 4 is 57.3 Å². The van der Waals surface area contributed by atoms with E-state index in [-0.39, 0.29) is 70.9 Å². The molecule has 0 aromatic rings. The molecular formula is C23H39N3O6S2. The molecule has 0 rings (SSSR count). The van der Waals surface area contributed by atoms with Crippen LogP contribution in [0.15, 0.2) is 0 Å². The minimum absolute atomic E-state index is 0.00365. The molecule has 0 unspecified atom stereocenters. The summed E-state index contributed by atoms with van der Waals surface area (Å²) in [7, 11) is 0. The fourth-order valence-corrected chi connectivity index (χ4v) is 4.64. The summed E-state index contributed by atoms with van der Waals surface area (Å²) in [5, 5.41) is 4.87. The molecular weight excluding hydrogens is 478 g/mol. The Morgan fingerprint density at radius 2 is 1.35 bits per heavy atom. The Morgan fingerprint density at radius 1 is 0.794 bits per heavy atom. The van der Waals surface area contributed by atoms with Gasteiger partial charge in [0.05, 0.1) is 5.92 Å². The Hall–Kier alpha value is -1.88. The molecule has 194 valence electrons. The quantitative estimate of drug-likeness (QED) is 0.300.